The van der Waals surface area contributed by atoms with Crippen LogP contribution in [0.15, 0.2) is 36.4 Å². The van der Waals surface area contributed by atoms with Crippen LogP contribution in [0, 0.1) is 11.6 Å². The molecule has 1 amide bonds. The second kappa shape index (κ2) is 8.67. The highest BCUT2D eigenvalue weighted by Gasteiger charge is 2.24. The lowest BCUT2D eigenvalue weighted by atomic mass is 10.1. The lowest BCUT2D eigenvalue weighted by Gasteiger charge is -2.35. The summed E-state index contributed by atoms with van der Waals surface area (Å²) in [4.78, 5) is 16.4. The summed E-state index contributed by atoms with van der Waals surface area (Å²) < 4.78 is 32.1. The van der Waals surface area contributed by atoms with E-state index >= 15 is 0 Å². The van der Waals surface area contributed by atoms with Gasteiger partial charge in [0.05, 0.1) is 17.2 Å². The van der Waals surface area contributed by atoms with Crippen LogP contribution in [0.25, 0.3) is 0 Å². The van der Waals surface area contributed by atoms with Gasteiger partial charge in [-0.1, -0.05) is 23.7 Å². The highest BCUT2D eigenvalue weighted by Crippen LogP contribution is 2.22. The fourth-order valence-electron chi connectivity index (χ4n) is 3.08. The third kappa shape index (κ3) is 4.76. The molecule has 1 aliphatic rings. The molecule has 0 aliphatic carbocycles. The standard InChI is InChI=1S/C20H21ClF2N2O2/c1-2-27-15-5-3-14(4-6-15)13-24-7-9-25(10-8-24)20(26)16-11-18(22)19(23)12-17(16)21/h3-6,11-12H,2,7-10,13H2,1H3. The van der Waals surface area contributed by atoms with E-state index in [0.717, 1.165) is 24.4 Å². The van der Waals surface area contributed by atoms with Gasteiger partial charge < -0.3 is 9.64 Å². The normalized spacial score (nSPS) is 15.0. The van der Waals surface area contributed by atoms with Crippen molar-refractivity contribution in [3.05, 3.63) is 64.2 Å². The van der Waals surface area contributed by atoms with Gasteiger partial charge in [-0.25, -0.2) is 8.78 Å². The van der Waals surface area contributed by atoms with Crippen LogP contribution < -0.4 is 4.74 Å². The van der Waals surface area contributed by atoms with Crippen molar-refractivity contribution in [1.82, 2.24) is 9.80 Å². The van der Waals surface area contributed by atoms with Crippen LogP contribution in [0.3, 0.4) is 0 Å². The van der Waals surface area contributed by atoms with E-state index in [0.29, 0.717) is 32.8 Å². The third-order valence-electron chi connectivity index (χ3n) is 4.54. The Hall–Kier alpha value is -2.18. The number of hydrogen-bond donors (Lipinski definition) is 0. The minimum absolute atomic E-state index is 0.00414. The summed E-state index contributed by atoms with van der Waals surface area (Å²) in [5, 5.41) is -0.0734. The van der Waals surface area contributed by atoms with Gasteiger partial charge in [-0.05, 0) is 36.8 Å². The van der Waals surface area contributed by atoms with E-state index in [1.165, 1.54) is 5.56 Å². The maximum atomic E-state index is 13.4. The van der Waals surface area contributed by atoms with Crippen molar-refractivity contribution in [1.29, 1.82) is 0 Å². The molecular weight excluding hydrogens is 374 g/mol. The molecule has 1 fully saturated rings. The number of carbonyl (C=O) groups is 1. The van der Waals surface area contributed by atoms with Crippen LogP contribution in [0.2, 0.25) is 5.02 Å². The van der Waals surface area contributed by atoms with E-state index in [1.807, 2.05) is 31.2 Å². The zero-order chi connectivity index (χ0) is 19.4. The van der Waals surface area contributed by atoms with Crippen molar-refractivity contribution in [2.75, 3.05) is 32.8 Å². The largest absolute Gasteiger partial charge is 0.494 e. The smallest absolute Gasteiger partial charge is 0.255 e. The molecule has 0 unspecified atom stereocenters. The Bertz CT molecular complexity index is 806. The van der Waals surface area contributed by atoms with Gasteiger partial charge in [0.15, 0.2) is 11.6 Å². The molecule has 2 aromatic rings. The predicted octanol–water partition coefficient (Wildman–Crippen LogP) is 3.97. The Labute approximate surface area is 162 Å². The van der Waals surface area contributed by atoms with Gasteiger partial charge in [-0.2, -0.15) is 0 Å². The maximum Gasteiger partial charge on any atom is 0.255 e. The van der Waals surface area contributed by atoms with Gasteiger partial charge in [0.1, 0.15) is 5.75 Å². The molecule has 7 heteroatoms. The van der Waals surface area contributed by atoms with Crippen molar-refractivity contribution in [2.24, 2.45) is 0 Å². The molecule has 0 aromatic heterocycles. The molecule has 1 saturated heterocycles. The average molecular weight is 395 g/mol. The zero-order valence-corrected chi connectivity index (χ0v) is 15.8. The molecule has 27 heavy (non-hydrogen) atoms. The van der Waals surface area contributed by atoms with E-state index in [9.17, 15) is 13.6 Å². The molecule has 0 radical (unpaired) electrons. The number of piperazine rings is 1. The molecule has 0 bridgehead atoms. The monoisotopic (exact) mass is 394 g/mol. The Morgan fingerprint density at radius 1 is 1.07 bits per heavy atom. The second-order valence-corrected chi connectivity index (χ2v) is 6.80. The molecule has 3 rings (SSSR count). The van der Waals surface area contributed by atoms with Crippen molar-refractivity contribution in [3.8, 4) is 5.75 Å². The molecule has 144 valence electrons. The van der Waals surface area contributed by atoms with Gasteiger partial charge in [-0.15, -0.1) is 0 Å². The summed E-state index contributed by atoms with van der Waals surface area (Å²) in [6.07, 6.45) is 0. The van der Waals surface area contributed by atoms with Crippen molar-refractivity contribution >= 4 is 17.5 Å². The fourth-order valence-corrected chi connectivity index (χ4v) is 3.31. The van der Waals surface area contributed by atoms with E-state index < -0.39 is 11.6 Å². The molecule has 0 spiro atoms. The van der Waals surface area contributed by atoms with Crippen LogP contribution in [0.5, 0.6) is 5.75 Å². The second-order valence-electron chi connectivity index (χ2n) is 6.39. The first kappa shape index (κ1) is 19.6. The number of benzene rings is 2. The number of amides is 1. The van der Waals surface area contributed by atoms with Crippen LogP contribution in [0.1, 0.15) is 22.8 Å². The quantitative estimate of drug-likeness (QED) is 0.719. The minimum Gasteiger partial charge on any atom is -0.494 e. The summed E-state index contributed by atoms with van der Waals surface area (Å²) >= 11 is 5.91. The molecule has 0 N–H and O–H groups in total. The molecule has 4 nitrogen and oxygen atoms in total. The lowest BCUT2D eigenvalue weighted by molar-refractivity contribution is 0.0628. The minimum atomic E-state index is -1.07. The van der Waals surface area contributed by atoms with E-state index in [4.69, 9.17) is 16.3 Å². The zero-order valence-electron chi connectivity index (χ0n) is 15.1. The van der Waals surface area contributed by atoms with Gasteiger partial charge in [0.2, 0.25) is 0 Å². The Morgan fingerprint density at radius 3 is 2.33 bits per heavy atom. The van der Waals surface area contributed by atoms with Gasteiger partial charge in [-0.3, -0.25) is 9.69 Å². The maximum absolute atomic E-state index is 13.4. The summed E-state index contributed by atoms with van der Waals surface area (Å²) in [5.41, 5.74) is 1.16. The van der Waals surface area contributed by atoms with Crippen LogP contribution >= 0.6 is 11.6 Å². The fraction of sp³-hybridized carbons (Fsp3) is 0.350. The summed E-state index contributed by atoms with van der Waals surface area (Å²) in [6.45, 7) is 5.76. The average Bonchev–Trinajstić information content (AvgIpc) is 2.66. The molecule has 2 aromatic carbocycles. The Morgan fingerprint density at radius 2 is 1.70 bits per heavy atom. The number of carbonyl (C=O) groups excluding carboxylic acids is 1. The van der Waals surface area contributed by atoms with Crippen molar-refractivity contribution in [3.63, 3.8) is 0 Å². The lowest BCUT2D eigenvalue weighted by Crippen LogP contribution is -2.48. The number of rotatable bonds is 5. The molecule has 0 atom stereocenters. The molecule has 1 heterocycles. The van der Waals surface area contributed by atoms with Gasteiger partial charge in [0, 0.05) is 32.7 Å². The van der Waals surface area contributed by atoms with Crippen molar-refractivity contribution < 1.29 is 18.3 Å². The first-order chi connectivity index (χ1) is 13.0. The first-order valence-corrected chi connectivity index (χ1v) is 9.23. The SMILES string of the molecule is CCOc1ccc(CN2CCN(C(=O)c3cc(F)c(F)cc3Cl)CC2)cc1. The van der Waals surface area contributed by atoms with E-state index in [2.05, 4.69) is 4.90 Å². The van der Waals surface area contributed by atoms with Crippen molar-refractivity contribution in [2.45, 2.75) is 13.5 Å². The molecular formula is C20H21ClF2N2O2. The number of halogens is 3. The van der Waals surface area contributed by atoms with E-state index in [1.54, 1.807) is 4.90 Å². The van der Waals surface area contributed by atoms with Crippen LogP contribution in [-0.2, 0) is 6.54 Å². The van der Waals surface area contributed by atoms with Crippen LogP contribution in [-0.4, -0.2) is 48.5 Å². The topological polar surface area (TPSA) is 32.8 Å². The summed E-state index contributed by atoms with van der Waals surface area (Å²) in [6, 6.07) is 9.67. The predicted molar refractivity (Wildman–Crippen MR) is 100 cm³/mol. The number of hydrogen-bond acceptors (Lipinski definition) is 3. The number of nitrogens with zero attached hydrogens (tertiary/aromatic N) is 2. The van der Waals surface area contributed by atoms with E-state index in [-0.39, 0.29) is 16.5 Å². The molecule has 1 aliphatic heterocycles. The van der Waals surface area contributed by atoms with Gasteiger partial charge in [0.25, 0.3) is 5.91 Å². The molecule has 0 saturated carbocycles. The van der Waals surface area contributed by atoms with Crippen LogP contribution in [0.4, 0.5) is 8.78 Å². The highest BCUT2D eigenvalue weighted by atomic mass is 35.5. The third-order valence-corrected chi connectivity index (χ3v) is 4.85. The first-order valence-electron chi connectivity index (χ1n) is 8.86. The Balaban J connectivity index is 1.57. The van der Waals surface area contributed by atoms with Gasteiger partial charge >= 0.3 is 0 Å². The highest BCUT2D eigenvalue weighted by molar-refractivity contribution is 6.33. The summed E-state index contributed by atoms with van der Waals surface area (Å²) in [5.74, 6) is -1.66. The summed E-state index contributed by atoms with van der Waals surface area (Å²) in [7, 11) is 0. The Kier molecular flexibility index (Phi) is 6.29. The number of ether oxygens (including phenoxy) is 1.